The van der Waals surface area contributed by atoms with Crippen LogP contribution in [0.4, 0.5) is 0 Å². The molecule has 1 rings (SSSR count). The number of ketones is 1. The van der Waals surface area contributed by atoms with Gasteiger partial charge in [0.25, 0.3) is 0 Å². The van der Waals surface area contributed by atoms with Crippen LogP contribution in [0.2, 0.25) is 0 Å². The van der Waals surface area contributed by atoms with E-state index in [1.54, 1.807) is 0 Å². The minimum absolute atomic E-state index is 0.201. The zero-order chi connectivity index (χ0) is 15.0. The summed E-state index contributed by atoms with van der Waals surface area (Å²) in [6.07, 6.45) is 0.577. The molecule has 0 radical (unpaired) electrons. The molecule has 1 aromatic carbocycles. The van der Waals surface area contributed by atoms with Gasteiger partial charge in [-0.1, -0.05) is 27.7 Å². The second-order valence-electron chi connectivity index (χ2n) is 5.43. The van der Waals surface area contributed by atoms with Crippen molar-refractivity contribution in [2.75, 3.05) is 26.2 Å². The van der Waals surface area contributed by atoms with Crippen LogP contribution in [-0.4, -0.2) is 36.9 Å². The fourth-order valence-electron chi connectivity index (χ4n) is 1.94. The summed E-state index contributed by atoms with van der Waals surface area (Å²) in [6, 6.07) is 7.49. The Morgan fingerprint density at radius 2 is 1.75 bits per heavy atom. The number of nitrogens with zero attached hydrogens (tertiary/aromatic N) is 1. The Kier molecular flexibility index (Phi) is 7.31. The Morgan fingerprint density at radius 1 is 1.15 bits per heavy atom. The Morgan fingerprint density at radius 3 is 2.25 bits per heavy atom. The van der Waals surface area contributed by atoms with Crippen molar-refractivity contribution in [3.8, 4) is 5.75 Å². The monoisotopic (exact) mass is 277 g/mol. The third-order valence-corrected chi connectivity index (χ3v) is 3.31. The van der Waals surface area contributed by atoms with Gasteiger partial charge in [0.15, 0.2) is 5.78 Å². The molecule has 0 aliphatic carbocycles. The second-order valence-corrected chi connectivity index (χ2v) is 5.43. The summed E-state index contributed by atoms with van der Waals surface area (Å²) in [4.78, 5) is 14.4. The van der Waals surface area contributed by atoms with Gasteiger partial charge in [-0.05, 0) is 43.3 Å². The number of hydrogen-bond acceptors (Lipinski definition) is 3. The van der Waals surface area contributed by atoms with Gasteiger partial charge in [-0.25, -0.2) is 0 Å². The normalized spacial score (nSPS) is 11.1. The predicted molar refractivity (Wildman–Crippen MR) is 83.5 cm³/mol. The molecule has 0 aliphatic heterocycles. The summed E-state index contributed by atoms with van der Waals surface area (Å²) in [5, 5.41) is 0. The third-order valence-electron chi connectivity index (χ3n) is 3.31. The number of hydrogen-bond donors (Lipinski definition) is 0. The van der Waals surface area contributed by atoms with Crippen molar-refractivity contribution in [1.29, 1.82) is 0 Å². The molecule has 0 saturated carbocycles. The summed E-state index contributed by atoms with van der Waals surface area (Å²) >= 11 is 0. The quantitative estimate of drug-likeness (QED) is 0.645. The molecule has 0 fully saturated rings. The Bertz CT molecular complexity index is 394. The van der Waals surface area contributed by atoms with E-state index in [1.807, 2.05) is 24.3 Å². The average molecular weight is 277 g/mol. The zero-order valence-electron chi connectivity index (χ0n) is 13.2. The van der Waals surface area contributed by atoms with Crippen molar-refractivity contribution in [2.45, 2.75) is 34.1 Å². The molecule has 0 amide bonds. The van der Waals surface area contributed by atoms with Crippen LogP contribution >= 0.6 is 0 Å². The first kappa shape index (κ1) is 16.7. The Labute approximate surface area is 122 Å². The van der Waals surface area contributed by atoms with Crippen molar-refractivity contribution in [2.24, 2.45) is 5.92 Å². The lowest BCUT2D eigenvalue weighted by atomic mass is 10.1. The topological polar surface area (TPSA) is 29.5 Å². The molecule has 0 spiro atoms. The predicted octanol–water partition coefficient (Wildman–Crippen LogP) is 3.64. The van der Waals surface area contributed by atoms with Crippen LogP contribution in [0.25, 0.3) is 0 Å². The number of Topliss-reactive ketones (excluding diaryl/α,β-unsaturated/α-hetero) is 1. The molecular weight excluding hydrogens is 250 g/mol. The van der Waals surface area contributed by atoms with Gasteiger partial charge in [-0.2, -0.15) is 0 Å². The lowest BCUT2D eigenvalue weighted by molar-refractivity contribution is 0.0966. The van der Waals surface area contributed by atoms with Crippen molar-refractivity contribution in [1.82, 2.24) is 4.90 Å². The van der Waals surface area contributed by atoms with Crippen LogP contribution in [0.15, 0.2) is 24.3 Å². The number of rotatable bonds is 9. The van der Waals surface area contributed by atoms with Gasteiger partial charge in [0.1, 0.15) is 5.75 Å². The highest BCUT2D eigenvalue weighted by Crippen LogP contribution is 2.14. The molecule has 1 aromatic rings. The van der Waals surface area contributed by atoms with Gasteiger partial charge >= 0.3 is 0 Å². The standard InChI is InChI=1S/C17H27NO2/c1-5-18(6-2)12-11-17(19)15-7-9-16(10-8-15)20-13-14(3)4/h7-10,14H,5-6,11-13H2,1-4H3. The Hall–Kier alpha value is -1.35. The molecule has 0 heterocycles. The van der Waals surface area contributed by atoms with Crippen molar-refractivity contribution in [3.63, 3.8) is 0 Å². The highest BCUT2D eigenvalue weighted by Gasteiger charge is 2.08. The van der Waals surface area contributed by atoms with Crippen LogP contribution in [0.5, 0.6) is 5.75 Å². The highest BCUT2D eigenvalue weighted by atomic mass is 16.5. The molecule has 20 heavy (non-hydrogen) atoms. The van der Waals surface area contributed by atoms with Crippen molar-refractivity contribution < 1.29 is 9.53 Å². The van der Waals surface area contributed by atoms with E-state index in [9.17, 15) is 4.79 Å². The first-order valence-electron chi connectivity index (χ1n) is 7.55. The summed E-state index contributed by atoms with van der Waals surface area (Å²) < 4.78 is 5.62. The molecule has 3 nitrogen and oxygen atoms in total. The number of carbonyl (C=O) groups excluding carboxylic acids is 1. The third kappa shape index (κ3) is 5.74. The van der Waals surface area contributed by atoms with Crippen molar-refractivity contribution in [3.05, 3.63) is 29.8 Å². The van der Waals surface area contributed by atoms with Crippen LogP contribution in [0.3, 0.4) is 0 Å². The van der Waals surface area contributed by atoms with E-state index in [0.29, 0.717) is 18.9 Å². The lowest BCUT2D eigenvalue weighted by Crippen LogP contribution is -2.25. The molecule has 0 aromatic heterocycles. The average Bonchev–Trinajstić information content (AvgIpc) is 2.46. The largest absolute Gasteiger partial charge is 0.493 e. The number of ether oxygens (including phenoxy) is 1. The SMILES string of the molecule is CCN(CC)CCC(=O)c1ccc(OCC(C)C)cc1. The summed E-state index contributed by atoms with van der Waals surface area (Å²) in [5.41, 5.74) is 0.772. The maximum atomic E-state index is 12.1. The molecule has 0 bridgehead atoms. The molecule has 112 valence electrons. The minimum atomic E-state index is 0.201. The van der Waals surface area contributed by atoms with Gasteiger partial charge in [0.2, 0.25) is 0 Å². The summed E-state index contributed by atoms with van der Waals surface area (Å²) in [7, 11) is 0. The minimum Gasteiger partial charge on any atom is -0.493 e. The van der Waals surface area contributed by atoms with Gasteiger partial charge in [-0.3, -0.25) is 4.79 Å². The first-order valence-corrected chi connectivity index (χ1v) is 7.55. The van der Waals surface area contributed by atoms with E-state index in [4.69, 9.17) is 4.74 Å². The zero-order valence-corrected chi connectivity index (χ0v) is 13.2. The van der Waals surface area contributed by atoms with Gasteiger partial charge in [0.05, 0.1) is 6.61 Å². The van der Waals surface area contributed by atoms with Crippen LogP contribution in [0, 0.1) is 5.92 Å². The Balaban J connectivity index is 2.48. The molecular formula is C17H27NO2. The van der Waals surface area contributed by atoms with Gasteiger partial charge in [0, 0.05) is 18.5 Å². The van der Waals surface area contributed by atoms with Crippen LogP contribution < -0.4 is 4.74 Å². The van der Waals surface area contributed by atoms with Gasteiger partial charge in [-0.15, -0.1) is 0 Å². The van der Waals surface area contributed by atoms with E-state index in [1.165, 1.54) is 0 Å². The maximum Gasteiger partial charge on any atom is 0.164 e. The van der Waals surface area contributed by atoms with E-state index >= 15 is 0 Å². The van der Waals surface area contributed by atoms with E-state index in [2.05, 4.69) is 32.6 Å². The van der Waals surface area contributed by atoms with E-state index in [0.717, 1.165) is 30.9 Å². The summed E-state index contributed by atoms with van der Waals surface area (Å²) in [6.45, 7) is 12.0. The second kappa shape index (κ2) is 8.75. The molecule has 0 unspecified atom stereocenters. The fraction of sp³-hybridized carbons (Fsp3) is 0.588. The molecule has 0 atom stereocenters. The molecule has 0 N–H and O–H groups in total. The fourth-order valence-corrected chi connectivity index (χ4v) is 1.94. The van der Waals surface area contributed by atoms with Gasteiger partial charge < -0.3 is 9.64 Å². The number of benzene rings is 1. The maximum absolute atomic E-state index is 12.1. The smallest absolute Gasteiger partial charge is 0.164 e. The number of carbonyl (C=O) groups is 1. The van der Waals surface area contributed by atoms with E-state index < -0.39 is 0 Å². The first-order chi connectivity index (χ1) is 9.56. The lowest BCUT2D eigenvalue weighted by Gasteiger charge is -2.17. The van der Waals surface area contributed by atoms with Crippen LogP contribution in [-0.2, 0) is 0 Å². The van der Waals surface area contributed by atoms with Crippen molar-refractivity contribution >= 4 is 5.78 Å². The van der Waals surface area contributed by atoms with Crippen LogP contribution in [0.1, 0.15) is 44.5 Å². The molecule has 3 heteroatoms. The summed E-state index contributed by atoms with van der Waals surface area (Å²) in [5.74, 6) is 1.54. The molecule has 0 saturated heterocycles. The van der Waals surface area contributed by atoms with E-state index in [-0.39, 0.29) is 5.78 Å². The highest BCUT2D eigenvalue weighted by molar-refractivity contribution is 5.96. The molecule has 0 aliphatic rings.